The van der Waals surface area contributed by atoms with Gasteiger partial charge in [0.1, 0.15) is 0 Å². The molecular formula is C25H27N5O3. The summed E-state index contributed by atoms with van der Waals surface area (Å²) in [7, 11) is 1.40. The average Bonchev–Trinajstić information content (AvgIpc) is 3.34. The number of nitrogens with zero attached hydrogens (tertiary/aromatic N) is 3. The lowest BCUT2D eigenvalue weighted by atomic mass is 10.1. The highest BCUT2D eigenvalue weighted by Gasteiger charge is 2.31. The van der Waals surface area contributed by atoms with Gasteiger partial charge in [-0.25, -0.2) is 4.79 Å². The Hall–Kier alpha value is -4.07. The van der Waals surface area contributed by atoms with Crippen LogP contribution >= 0.6 is 0 Å². The lowest BCUT2D eigenvalue weighted by molar-refractivity contribution is 0.102. The molecule has 1 aliphatic rings. The van der Waals surface area contributed by atoms with Crippen LogP contribution in [0.1, 0.15) is 22.3 Å². The third-order valence-corrected chi connectivity index (χ3v) is 5.79. The van der Waals surface area contributed by atoms with Crippen molar-refractivity contribution in [2.24, 2.45) is 0 Å². The molecule has 1 atom stereocenters. The van der Waals surface area contributed by atoms with Crippen LogP contribution in [-0.2, 0) is 11.3 Å². The molecule has 0 aliphatic carbocycles. The summed E-state index contributed by atoms with van der Waals surface area (Å²) < 4.78 is 5.03. The number of nitrogens with one attached hydrogen (secondary N) is 1. The van der Waals surface area contributed by atoms with E-state index in [2.05, 4.69) is 15.2 Å². The van der Waals surface area contributed by atoms with Gasteiger partial charge in [-0.3, -0.25) is 14.7 Å². The van der Waals surface area contributed by atoms with Crippen LogP contribution in [-0.4, -0.2) is 48.1 Å². The zero-order valence-electron chi connectivity index (χ0n) is 18.5. The molecule has 0 bridgehead atoms. The second kappa shape index (κ2) is 10.0. The Balaban J connectivity index is 1.41. The molecule has 33 heavy (non-hydrogen) atoms. The first-order chi connectivity index (χ1) is 16.0. The van der Waals surface area contributed by atoms with E-state index in [9.17, 15) is 9.59 Å². The lowest BCUT2D eigenvalue weighted by Gasteiger charge is -2.28. The molecule has 1 aromatic heterocycles. The number of hydrogen-bond acceptors (Lipinski definition) is 6. The monoisotopic (exact) mass is 445 g/mol. The van der Waals surface area contributed by atoms with E-state index in [1.165, 1.54) is 7.11 Å². The molecule has 1 aliphatic heterocycles. The predicted molar refractivity (Wildman–Crippen MR) is 128 cm³/mol. The molecule has 8 nitrogen and oxygen atoms in total. The minimum atomic E-state index is -0.349. The van der Waals surface area contributed by atoms with Crippen molar-refractivity contribution in [1.29, 1.82) is 0 Å². The Labute approximate surface area is 193 Å². The molecule has 2 aromatic carbocycles. The first-order valence-electron chi connectivity index (χ1n) is 10.8. The predicted octanol–water partition coefficient (Wildman–Crippen LogP) is 3.76. The van der Waals surface area contributed by atoms with Gasteiger partial charge in [0.05, 0.1) is 31.1 Å². The van der Waals surface area contributed by atoms with Gasteiger partial charge in [0.15, 0.2) is 0 Å². The van der Waals surface area contributed by atoms with Gasteiger partial charge in [0.25, 0.3) is 5.91 Å². The van der Waals surface area contributed by atoms with E-state index in [0.29, 0.717) is 30.0 Å². The van der Waals surface area contributed by atoms with E-state index < -0.39 is 0 Å². The molecule has 3 aromatic rings. The van der Waals surface area contributed by atoms with Gasteiger partial charge in [-0.15, -0.1) is 0 Å². The topological polar surface area (TPSA) is 101 Å². The Bertz CT molecular complexity index is 1100. The second-order valence-electron chi connectivity index (χ2n) is 7.94. The van der Waals surface area contributed by atoms with Crippen LogP contribution in [0.5, 0.6) is 0 Å². The highest BCUT2D eigenvalue weighted by molar-refractivity contribution is 6.05. The zero-order valence-corrected chi connectivity index (χ0v) is 18.5. The SMILES string of the molecule is COC(=O)N(Cc1cccnc1)C1CCN(c2ccc(C(=O)Nc3ccccc3N)cc2)C1. The number of amides is 2. The fourth-order valence-electron chi connectivity index (χ4n) is 4.01. The number of nitrogen functional groups attached to an aromatic ring is 1. The molecule has 8 heteroatoms. The maximum absolute atomic E-state index is 12.6. The van der Waals surface area contributed by atoms with Crippen molar-refractivity contribution in [2.75, 3.05) is 36.1 Å². The van der Waals surface area contributed by atoms with Crippen LogP contribution in [0.4, 0.5) is 21.9 Å². The van der Waals surface area contributed by atoms with Crippen LogP contribution in [0.15, 0.2) is 73.1 Å². The Morgan fingerprint density at radius 1 is 1.15 bits per heavy atom. The molecule has 4 rings (SSSR count). The Morgan fingerprint density at radius 2 is 1.94 bits per heavy atom. The third-order valence-electron chi connectivity index (χ3n) is 5.79. The molecular weight excluding hydrogens is 418 g/mol. The van der Waals surface area contributed by atoms with Gasteiger partial charge >= 0.3 is 6.09 Å². The summed E-state index contributed by atoms with van der Waals surface area (Å²) in [4.78, 5) is 33.1. The van der Waals surface area contributed by atoms with Gasteiger partial charge in [-0.05, 0) is 54.4 Å². The molecule has 2 amide bonds. The molecule has 2 heterocycles. The summed E-state index contributed by atoms with van der Waals surface area (Å²) in [6.07, 6.45) is 3.94. The summed E-state index contributed by atoms with van der Waals surface area (Å²) in [5.41, 5.74) is 9.52. The molecule has 0 saturated carbocycles. The highest BCUT2D eigenvalue weighted by atomic mass is 16.5. The van der Waals surface area contributed by atoms with Crippen LogP contribution in [0.2, 0.25) is 0 Å². The molecule has 1 saturated heterocycles. The van der Waals surface area contributed by atoms with Crippen LogP contribution in [0.25, 0.3) is 0 Å². The summed E-state index contributed by atoms with van der Waals surface area (Å²) in [5, 5.41) is 2.84. The molecule has 3 N–H and O–H groups in total. The summed E-state index contributed by atoms with van der Waals surface area (Å²) >= 11 is 0. The minimum absolute atomic E-state index is 0.0155. The normalized spacial score (nSPS) is 15.2. The number of benzene rings is 2. The smallest absolute Gasteiger partial charge is 0.410 e. The number of carbonyl (C=O) groups is 2. The number of methoxy groups -OCH3 is 1. The molecule has 170 valence electrons. The maximum Gasteiger partial charge on any atom is 0.410 e. The van der Waals surface area contributed by atoms with E-state index in [1.807, 2.05) is 36.4 Å². The van der Waals surface area contributed by atoms with Gasteiger partial charge in [-0.2, -0.15) is 0 Å². The first-order valence-corrected chi connectivity index (χ1v) is 10.8. The highest BCUT2D eigenvalue weighted by Crippen LogP contribution is 2.25. The van der Waals surface area contributed by atoms with E-state index >= 15 is 0 Å². The molecule has 0 radical (unpaired) electrons. The fourth-order valence-corrected chi connectivity index (χ4v) is 4.01. The summed E-state index contributed by atoms with van der Waals surface area (Å²) in [6, 6.07) is 18.4. The van der Waals surface area contributed by atoms with Crippen molar-refractivity contribution in [1.82, 2.24) is 9.88 Å². The van der Waals surface area contributed by atoms with Crippen LogP contribution in [0, 0.1) is 0 Å². The van der Waals surface area contributed by atoms with Crippen molar-refractivity contribution in [2.45, 2.75) is 19.0 Å². The van der Waals surface area contributed by atoms with Crippen molar-refractivity contribution < 1.29 is 14.3 Å². The number of nitrogens with two attached hydrogens (primary N) is 1. The Kier molecular flexibility index (Phi) is 6.73. The number of para-hydroxylation sites is 2. The first kappa shape index (κ1) is 22.1. The number of rotatable bonds is 6. The summed E-state index contributed by atoms with van der Waals surface area (Å²) in [6.45, 7) is 1.93. The minimum Gasteiger partial charge on any atom is -0.453 e. The van der Waals surface area contributed by atoms with Gasteiger partial charge in [-0.1, -0.05) is 18.2 Å². The number of pyridine rings is 1. The van der Waals surface area contributed by atoms with Crippen molar-refractivity contribution in [3.63, 3.8) is 0 Å². The third kappa shape index (κ3) is 5.23. The van der Waals surface area contributed by atoms with Crippen LogP contribution < -0.4 is 16.0 Å². The van der Waals surface area contributed by atoms with E-state index in [1.54, 1.807) is 41.6 Å². The van der Waals surface area contributed by atoms with Crippen molar-refractivity contribution in [3.05, 3.63) is 84.2 Å². The quantitative estimate of drug-likeness (QED) is 0.560. The van der Waals surface area contributed by atoms with E-state index in [0.717, 1.165) is 24.2 Å². The van der Waals surface area contributed by atoms with E-state index in [4.69, 9.17) is 10.5 Å². The average molecular weight is 446 g/mol. The fraction of sp³-hybridized carbons (Fsp3) is 0.240. The zero-order chi connectivity index (χ0) is 23.2. The number of ether oxygens (including phenoxy) is 1. The molecule has 0 spiro atoms. The van der Waals surface area contributed by atoms with Gasteiger partial charge < -0.3 is 20.7 Å². The second-order valence-corrected chi connectivity index (χ2v) is 7.94. The lowest BCUT2D eigenvalue weighted by Crippen LogP contribution is -2.41. The van der Waals surface area contributed by atoms with Crippen LogP contribution in [0.3, 0.4) is 0 Å². The molecule has 1 fully saturated rings. The molecule has 1 unspecified atom stereocenters. The number of anilines is 3. The van der Waals surface area contributed by atoms with Gasteiger partial charge in [0.2, 0.25) is 0 Å². The van der Waals surface area contributed by atoms with Gasteiger partial charge in [0, 0.05) is 36.7 Å². The van der Waals surface area contributed by atoms with Crippen molar-refractivity contribution >= 4 is 29.1 Å². The maximum atomic E-state index is 12.6. The van der Waals surface area contributed by atoms with E-state index in [-0.39, 0.29) is 18.0 Å². The number of carbonyl (C=O) groups excluding carboxylic acids is 2. The largest absolute Gasteiger partial charge is 0.453 e. The number of hydrogen-bond donors (Lipinski definition) is 2. The summed E-state index contributed by atoms with van der Waals surface area (Å²) in [5.74, 6) is -0.216. The Morgan fingerprint density at radius 3 is 2.64 bits per heavy atom. The standard InChI is InChI=1S/C25H27N5O3/c1-33-25(32)30(16-18-5-4-13-27-15-18)21-12-14-29(17-21)20-10-8-19(9-11-20)24(31)28-23-7-3-2-6-22(23)26/h2-11,13,15,21H,12,14,16-17,26H2,1H3,(H,28,31). The van der Waals surface area contributed by atoms with Crippen molar-refractivity contribution in [3.8, 4) is 0 Å². The number of aromatic nitrogens is 1.